The number of fused-ring (bicyclic) bond motifs is 1. The molecular weight excluding hydrogens is 290 g/mol. The number of hydrogen-bond donors (Lipinski definition) is 3. The molecule has 1 amide bonds. The first-order valence-electron chi connectivity index (χ1n) is 7.12. The van der Waals surface area contributed by atoms with Crippen molar-refractivity contribution in [3.63, 3.8) is 0 Å². The Morgan fingerprint density at radius 1 is 1.35 bits per heavy atom. The molecule has 23 heavy (non-hydrogen) atoms. The maximum atomic E-state index is 11.6. The molecule has 1 heterocycles. The van der Waals surface area contributed by atoms with E-state index in [9.17, 15) is 9.90 Å². The number of hydrogen-bond acceptors (Lipinski definition) is 4. The van der Waals surface area contributed by atoms with Crippen molar-refractivity contribution in [2.24, 2.45) is 5.73 Å². The van der Waals surface area contributed by atoms with Crippen LogP contribution >= 0.6 is 0 Å². The van der Waals surface area contributed by atoms with Crippen LogP contribution in [0.2, 0.25) is 0 Å². The van der Waals surface area contributed by atoms with Crippen molar-refractivity contribution in [3.8, 4) is 0 Å². The molecule has 0 atom stereocenters. The number of pyridine rings is 1. The minimum atomic E-state index is -0.581. The zero-order valence-corrected chi connectivity index (χ0v) is 13.1. The van der Waals surface area contributed by atoms with Gasteiger partial charge in [-0.3, -0.25) is 9.78 Å². The third-order valence-electron chi connectivity index (χ3n) is 3.42. The predicted molar refractivity (Wildman–Crippen MR) is 93.9 cm³/mol. The molecule has 0 unspecified atom stereocenters. The molecule has 0 fully saturated rings. The van der Waals surface area contributed by atoms with Crippen molar-refractivity contribution >= 4 is 28.6 Å². The summed E-state index contributed by atoms with van der Waals surface area (Å²) in [7, 11) is 0. The lowest BCUT2D eigenvalue weighted by Crippen LogP contribution is -2.14. The zero-order valence-electron chi connectivity index (χ0n) is 13.1. The molecule has 0 aliphatic heterocycles. The van der Waals surface area contributed by atoms with E-state index in [1.807, 2.05) is 19.1 Å². The topological polar surface area (TPSA) is 102 Å². The van der Waals surface area contributed by atoms with E-state index in [0.717, 1.165) is 11.0 Å². The highest BCUT2D eigenvalue weighted by Gasteiger charge is 2.13. The molecule has 1 aromatic carbocycles. The van der Waals surface area contributed by atoms with Crippen molar-refractivity contribution in [2.75, 3.05) is 5.73 Å². The number of allylic oxidation sites excluding steroid dienone is 4. The van der Waals surface area contributed by atoms with Gasteiger partial charge in [-0.2, -0.15) is 0 Å². The fourth-order valence-electron chi connectivity index (χ4n) is 2.20. The molecule has 0 aliphatic carbocycles. The first-order valence-corrected chi connectivity index (χ1v) is 7.12. The van der Waals surface area contributed by atoms with Gasteiger partial charge in [-0.05, 0) is 44.2 Å². The Morgan fingerprint density at radius 3 is 2.74 bits per heavy atom. The number of nitrogen functional groups attached to an aromatic ring is 1. The van der Waals surface area contributed by atoms with E-state index in [0.29, 0.717) is 16.8 Å². The second-order valence-electron chi connectivity index (χ2n) is 5.13. The molecule has 0 bridgehead atoms. The summed E-state index contributed by atoms with van der Waals surface area (Å²) in [4.78, 5) is 15.9. The van der Waals surface area contributed by atoms with Crippen LogP contribution in [-0.2, 0) is 0 Å². The quantitative estimate of drug-likeness (QED) is 0.458. The first kappa shape index (κ1) is 16.3. The molecule has 0 saturated heterocycles. The number of anilines is 1. The van der Waals surface area contributed by atoms with E-state index in [2.05, 4.69) is 4.98 Å². The van der Waals surface area contributed by atoms with Crippen LogP contribution in [0.5, 0.6) is 0 Å². The average molecular weight is 309 g/mol. The van der Waals surface area contributed by atoms with Gasteiger partial charge < -0.3 is 16.6 Å². The minimum absolute atomic E-state index is 0.166. The minimum Gasteiger partial charge on any atom is -0.508 e. The Morgan fingerprint density at radius 2 is 2.09 bits per heavy atom. The molecule has 2 aromatic rings. The van der Waals surface area contributed by atoms with Crippen LogP contribution < -0.4 is 11.5 Å². The molecule has 1 aromatic heterocycles. The van der Waals surface area contributed by atoms with Crippen molar-refractivity contribution in [1.29, 1.82) is 0 Å². The Bertz CT molecular complexity index is 849. The van der Waals surface area contributed by atoms with Crippen LogP contribution in [0.3, 0.4) is 0 Å². The molecule has 2 rings (SSSR count). The van der Waals surface area contributed by atoms with Gasteiger partial charge in [-0.15, -0.1) is 0 Å². The SMILES string of the molecule is C/C=C(O)/C=C\C(C)=C\c1c(N)c(C(N)=O)cc2cccnc12. The highest BCUT2D eigenvalue weighted by atomic mass is 16.3. The Labute approximate surface area is 134 Å². The second-order valence-corrected chi connectivity index (χ2v) is 5.13. The summed E-state index contributed by atoms with van der Waals surface area (Å²) in [6.07, 6.45) is 8.40. The maximum Gasteiger partial charge on any atom is 0.250 e. The van der Waals surface area contributed by atoms with Gasteiger partial charge in [0.15, 0.2) is 0 Å². The van der Waals surface area contributed by atoms with Crippen LogP contribution in [0.4, 0.5) is 5.69 Å². The van der Waals surface area contributed by atoms with E-state index in [1.54, 1.807) is 43.5 Å². The number of carbonyl (C=O) groups excluding carboxylic acids is 1. The summed E-state index contributed by atoms with van der Waals surface area (Å²) in [6, 6.07) is 5.28. The van der Waals surface area contributed by atoms with E-state index >= 15 is 0 Å². The van der Waals surface area contributed by atoms with Crippen LogP contribution in [0.15, 0.2) is 54.0 Å². The standard InChI is InChI=1S/C18H19N3O2/c1-3-13(22)7-6-11(2)9-14-16(19)15(18(20)23)10-12-5-4-8-21-17(12)14/h3-10,22H,19H2,1-2H3,(H2,20,23)/b7-6-,11-9+,13-3-. The lowest BCUT2D eigenvalue weighted by molar-refractivity contribution is 0.100. The third kappa shape index (κ3) is 3.58. The molecule has 0 radical (unpaired) electrons. The Kier molecular flexibility index (Phi) is 4.81. The number of benzene rings is 1. The smallest absolute Gasteiger partial charge is 0.250 e. The molecule has 118 valence electrons. The summed E-state index contributed by atoms with van der Waals surface area (Å²) >= 11 is 0. The lowest BCUT2D eigenvalue weighted by Gasteiger charge is -2.10. The van der Waals surface area contributed by atoms with Gasteiger partial charge >= 0.3 is 0 Å². The predicted octanol–water partition coefficient (Wildman–Crippen LogP) is 3.34. The molecule has 0 saturated carbocycles. The molecule has 0 aliphatic rings. The van der Waals surface area contributed by atoms with Gasteiger partial charge in [0.05, 0.1) is 16.8 Å². The zero-order chi connectivity index (χ0) is 17.0. The van der Waals surface area contributed by atoms with E-state index in [-0.39, 0.29) is 11.3 Å². The van der Waals surface area contributed by atoms with Gasteiger partial charge in [0, 0.05) is 17.1 Å². The Hall–Kier alpha value is -3.08. The first-order chi connectivity index (χ1) is 10.9. The van der Waals surface area contributed by atoms with Crippen molar-refractivity contribution in [2.45, 2.75) is 13.8 Å². The summed E-state index contributed by atoms with van der Waals surface area (Å²) in [5.41, 5.74) is 14.3. The highest BCUT2D eigenvalue weighted by molar-refractivity contribution is 6.06. The number of rotatable bonds is 4. The number of aliphatic hydroxyl groups excluding tert-OH is 1. The van der Waals surface area contributed by atoms with Crippen molar-refractivity contribution in [1.82, 2.24) is 4.98 Å². The normalized spacial score (nSPS) is 13.0. The van der Waals surface area contributed by atoms with E-state index in [1.165, 1.54) is 0 Å². The summed E-state index contributed by atoms with van der Waals surface area (Å²) in [5.74, 6) is -0.415. The number of aromatic nitrogens is 1. The molecule has 0 spiro atoms. The lowest BCUT2D eigenvalue weighted by atomic mass is 9.99. The van der Waals surface area contributed by atoms with Gasteiger partial charge in [-0.25, -0.2) is 0 Å². The van der Waals surface area contributed by atoms with Crippen LogP contribution in [0, 0.1) is 0 Å². The fraction of sp³-hybridized carbons (Fsp3) is 0.111. The van der Waals surface area contributed by atoms with Gasteiger partial charge in [0.1, 0.15) is 5.76 Å². The number of nitrogens with two attached hydrogens (primary N) is 2. The third-order valence-corrected chi connectivity index (χ3v) is 3.42. The van der Waals surface area contributed by atoms with Gasteiger partial charge in [0.25, 0.3) is 5.91 Å². The molecule has 5 heteroatoms. The molecule has 5 N–H and O–H groups in total. The van der Waals surface area contributed by atoms with Crippen molar-refractivity contribution < 1.29 is 9.90 Å². The number of primary amides is 1. The van der Waals surface area contributed by atoms with Gasteiger partial charge in [-0.1, -0.05) is 17.7 Å². The van der Waals surface area contributed by atoms with E-state index < -0.39 is 5.91 Å². The van der Waals surface area contributed by atoms with E-state index in [4.69, 9.17) is 11.5 Å². The molecule has 5 nitrogen and oxygen atoms in total. The summed E-state index contributed by atoms with van der Waals surface area (Å²) in [5, 5.41) is 10.3. The van der Waals surface area contributed by atoms with Crippen LogP contribution in [0.25, 0.3) is 17.0 Å². The van der Waals surface area contributed by atoms with Crippen LogP contribution in [0.1, 0.15) is 29.8 Å². The number of amides is 1. The maximum absolute atomic E-state index is 11.6. The summed E-state index contributed by atoms with van der Waals surface area (Å²) in [6.45, 7) is 3.61. The van der Waals surface area contributed by atoms with Crippen molar-refractivity contribution in [3.05, 3.63) is 65.1 Å². The van der Waals surface area contributed by atoms with Gasteiger partial charge in [0.2, 0.25) is 0 Å². The molecular formula is C18H19N3O2. The number of nitrogens with zero attached hydrogens (tertiary/aromatic N) is 1. The fourth-order valence-corrected chi connectivity index (χ4v) is 2.20. The second kappa shape index (κ2) is 6.79. The highest BCUT2D eigenvalue weighted by Crippen LogP contribution is 2.28. The monoisotopic (exact) mass is 309 g/mol. The number of aliphatic hydroxyl groups is 1. The van der Waals surface area contributed by atoms with Crippen LogP contribution in [-0.4, -0.2) is 16.0 Å². The number of carbonyl (C=O) groups is 1. The Balaban J connectivity index is 2.65. The average Bonchev–Trinajstić information content (AvgIpc) is 2.54. The summed E-state index contributed by atoms with van der Waals surface area (Å²) < 4.78 is 0. The largest absolute Gasteiger partial charge is 0.508 e.